The van der Waals surface area contributed by atoms with E-state index in [0.717, 1.165) is 42.9 Å². The summed E-state index contributed by atoms with van der Waals surface area (Å²) >= 11 is 6.13. The Labute approximate surface area is 212 Å². The molecule has 0 aliphatic heterocycles. The molecule has 9 heteroatoms. The molecule has 2 aromatic carbocycles. The van der Waals surface area contributed by atoms with Crippen molar-refractivity contribution in [2.75, 3.05) is 26.2 Å². The highest BCUT2D eigenvalue weighted by Gasteiger charge is 2.33. The number of nitrogens with zero attached hydrogens (tertiary/aromatic N) is 3. The third-order valence-electron chi connectivity index (χ3n) is 6.91. The molecular weight excluding hydrogens is 491 g/mol. The van der Waals surface area contributed by atoms with Crippen molar-refractivity contribution < 1.29 is 18.4 Å². The molecule has 36 heavy (non-hydrogen) atoms. The van der Waals surface area contributed by atoms with Crippen molar-refractivity contribution in [3.63, 3.8) is 0 Å². The van der Waals surface area contributed by atoms with Crippen molar-refractivity contribution in [1.29, 1.82) is 0 Å². The van der Waals surface area contributed by atoms with Gasteiger partial charge in [-0.15, -0.1) is 0 Å². The predicted molar refractivity (Wildman–Crippen MR) is 137 cm³/mol. The maximum atomic E-state index is 13.5. The molecular formula is C27H29ClF3N3O2. The summed E-state index contributed by atoms with van der Waals surface area (Å²) in [4.78, 5) is 20.6. The topological polar surface area (TPSA) is 57.8 Å². The van der Waals surface area contributed by atoms with Crippen LogP contribution in [-0.2, 0) is 12.6 Å². The number of pyridine rings is 1. The zero-order valence-corrected chi connectivity index (χ0v) is 21.0. The lowest BCUT2D eigenvalue weighted by atomic mass is 9.80. The molecule has 1 N–H and O–H groups in total. The van der Waals surface area contributed by atoms with Gasteiger partial charge in [0.15, 0.2) is 5.43 Å². The standard InChI is InChI=1S/C27H29ClF3N3O2/c1-3-33(4-2)13-5-12-32-22-14-18(17-6-8-19(9-7-17)27(29,30)31)15-24-25(22)26(35)21-16-20(28)10-11-23(21)34(24)36/h6-11,16,18,36H,3-5,12-15H2,1-2H3. The fraction of sp³-hybridized carbons (Fsp3) is 0.407. The molecule has 1 aromatic heterocycles. The third-order valence-corrected chi connectivity index (χ3v) is 7.14. The molecule has 0 spiro atoms. The minimum atomic E-state index is -4.42. The number of fused-ring (bicyclic) bond motifs is 2. The molecule has 1 atom stereocenters. The van der Waals surface area contributed by atoms with Crippen LogP contribution in [0.5, 0.6) is 0 Å². The number of halogens is 4. The molecule has 0 bridgehead atoms. The Morgan fingerprint density at radius 3 is 2.44 bits per heavy atom. The Balaban J connectivity index is 1.76. The highest BCUT2D eigenvalue weighted by Crippen LogP contribution is 2.35. The predicted octanol–water partition coefficient (Wildman–Crippen LogP) is 6.16. The zero-order chi connectivity index (χ0) is 26.0. The van der Waals surface area contributed by atoms with Crippen LogP contribution < -0.4 is 5.43 Å². The molecule has 1 aliphatic carbocycles. The minimum absolute atomic E-state index is 0.233. The Morgan fingerprint density at radius 2 is 1.81 bits per heavy atom. The Hall–Kier alpha value is -2.84. The van der Waals surface area contributed by atoms with Crippen LogP contribution in [0, 0.1) is 0 Å². The average Bonchev–Trinajstić information content (AvgIpc) is 2.86. The van der Waals surface area contributed by atoms with E-state index in [-0.39, 0.29) is 11.3 Å². The largest absolute Gasteiger partial charge is 0.428 e. The van der Waals surface area contributed by atoms with Crippen molar-refractivity contribution in [1.82, 2.24) is 9.63 Å². The summed E-state index contributed by atoms with van der Waals surface area (Å²) in [7, 11) is 0. The van der Waals surface area contributed by atoms with Crippen LogP contribution >= 0.6 is 11.6 Å². The number of hydrogen-bond acceptors (Lipinski definition) is 4. The molecule has 3 aromatic rings. The van der Waals surface area contributed by atoms with Crippen molar-refractivity contribution in [2.24, 2.45) is 4.99 Å². The van der Waals surface area contributed by atoms with Crippen LogP contribution in [0.4, 0.5) is 13.2 Å². The van der Waals surface area contributed by atoms with Crippen molar-refractivity contribution in [2.45, 2.75) is 45.2 Å². The van der Waals surface area contributed by atoms with E-state index in [4.69, 9.17) is 16.6 Å². The second-order valence-electron chi connectivity index (χ2n) is 9.06. The van der Waals surface area contributed by atoms with Gasteiger partial charge >= 0.3 is 6.18 Å². The van der Waals surface area contributed by atoms with E-state index >= 15 is 0 Å². The number of alkyl halides is 3. The van der Waals surface area contributed by atoms with Crippen LogP contribution in [0.25, 0.3) is 10.9 Å². The van der Waals surface area contributed by atoms with E-state index in [1.54, 1.807) is 12.1 Å². The van der Waals surface area contributed by atoms with Gasteiger partial charge in [-0.3, -0.25) is 9.79 Å². The van der Waals surface area contributed by atoms with Gasteiger partial charge in [0.05, 0.1) is 27.7 Å². The third kappa shape index (κ3) is 5.30. The first-order valence-electron chi connectivity index (χ1n) is 12.1. The van der Waals surface area contributed by atoms with Crippen LogP contribution in [-0.4, -0.2) is 46.7 Å². The summed E-state index contributed by atoms with van der Waals surface area (Å²) in [5, 5.41) is 11.8. The average molecular weight is 520 g/mol. The van der Waals surface area contributed by atoms with Gasteiger partial charge in [0.2, 0.25) is 0 Å². The van der Waals surface area contributed by atoms with Gasteiger partial charge in [0.1, 0.15) is 0 Å². The molecule has 0 saturated carbocycles. The lowest BCUT2D eigenvalue weighted by Gasteiger charge is -2.28. The first kappa shape index (κ1) is 26.2. The molecule has 0 fully saturated rings. The summed E-state index contributed by atoms with van der Waals surface area (Å²) in [5.41, 5.74) is 1.41. The van der Waals surface area contributed by atoms with Gasteiger partial charge < -0.3 is 10.1 Å². The minimum Gasteiger partial charge on any atom is -0.428 e. The number of aliphatic imine (C=N–C) groups is 1. The van der Waals surface area contributed by atoms with Crippen LogP contribution in [0.15, 0.2) is 52.3 Å². The normalized spacial score (nSPS) is 17.2. The highest BCUT2D eigenvalue weighted by molar-refractivity contribution is 6.31. The molecule has 5 nitrogen and oxygen atoms in total. The Morgan fingerprint density at radius 1 is 1.11 bits per heavy atom. The lowest BCUT2D eigenvalue weighted by Crippen LogP contribution is -2.31. The second kappa shape index (κ2) is 10.6. The van der Waals surface area contributed by atoms with E-state index in [0.29, 0.717) is 57.8 Å². The van der Waals surface area contributed by atoms with Gasteiger partial charge in [0, 0.05) is 17.3 Å². The molecule has 1 unspecified atom stereocenters. The highest BCUT2D eigenvalue weighted by atomic mass is 35.5. The monoisotopic (exact) mass is 519 g/mol. The number of aromatic nitrogens is 1. The second-order valence-corrected chi connectivity index (χ2v) is 9.49. The Bertz CT molecular complexity index is 1330. The van der Waals surface area contributed by atoms with E-state index < -0.39 is 11.7 Å². The molecule has 4 rings (SSSR count). The SMILES string of the molecule is CCN(CC)CCCN=C1CC(c2ccc(C(F)(F)F)cc2)Cc2c1c(=O)c1cc(Cl)ccc1n2O. The van der Waals surface area contributed by atoms with Crippen molar-refractivity contribution in [3.8, 4) is 0 Å². The molecule has 1 heterocycles. The van der Waals surface area contributed by atoms with Gasteiger partial charge in [-0.05, 0) is 80.7 Å². The van der Waals surface area contributed by atoms with Gasteiger partial charge in [-0.1, -0.05) is 37.6 Å². The summed E-state index contributed by atoms with van der Waals surface area (Å²) in [5.74, 6) is -0.233. The summed E-state index contributed by atoms with van der Waals surface area (Å²) < 4.78 is 40.2. The van der Waals surface area contributed by atoms with Gasteiger partial charge in [-0.2, -0.15) is 17.9 Å². The van der Waals surface area contributed by atoms with E-state index in [2.05, 4.69) is 18.7 Å². The Kier molecular flexibility index (Phi) is 7.76. The number of benzene rings is 2. The van der Waals surface area contributed by atoms with E-state index in [1.807, 2.05) is 0 Å². The van der Waals surface area contributed by atoms with Crippen molar-refractivity contribution >= 4 is 28.2 Å². The first-order valence-corrected chi connectivity index (χ1v) is 12.5. The zero-order valence-electron chi connectivity index (χ0n) is 20.3. The molecule has 0 saturated heterocycles. The molecule has 1 aliphatic rings. The maximum absolute atomic E-state index is 13.5. The maximum Gasteiger partial charge on any atom is 0.416 e. The summed E-state index contributed by atoms with van der Waals surface area (Å²) in [6.45, 7) is 7.45. The fourth-order valence-electron chi connectivity index (χ4n) is 4.89. The smallest absolute Gasteiger partial charge is 0.416 e. The van der Waals surface area contributed by atoms with Crippen molar-refractivity contribution in [3.05, 3.63) is 80.1 Å². The first-order chi connectivity index (χ1) is 17.1. The van der Waals surface area contributed by atoms with E-state index in [9.17, 15) is 23.2 Å². The van der Waals surface area contributed by atoms with Crippen LogP contribution in [0.2, 0.25) is 5.02 Å². The molecule has 0 amide bonds. The van der Waals surface area contributed by atoms with Gasteiger partial charge in [-0.25, -0.2) is 0 Å². The number of rotatable bonds is 7. The fourth-order valence-corrected chi connectivity index (χ4v) is 5.06. The van der Waals surface area contributed by atoms with Crippen LogP contribution in [0.1, 0.15) is 55.0 Å². The lowest BCUT2D eigenvalue weighted by molar-refractivity contribution is -0.137. The van der Waals surface area contributed by atoms with E-state index in [1.165, 1.54) is 18.2 Å². The quantitative estimate of drug-likeness (QED) is 0.300. The van der Waals surface area contributed by atoms with Crippen LogP contribution in [0.3, 0.4) is 0 Å². The summed E-state index contributed by atoms with van der Waals surface area (Å²) in [6.07, 6.45) is -2.92. The summed E-state index contributed by atoms with van der Waals surface area (Å²) in [6, 6.07) is 9.80. The molecule has 0 radical (unpaired) electrons. The molecule has 192 valence electrons. The van der Waals surface area contributed by atoms with Gasteiger partial charge in [0.25, 0.3) is 0 Å². The number of hydrogen-bond donors (Lipinski definition) is 1.